The van der Waals surface area contributed by atoms with Crippen molar-refractivity contribution < 1.29 is 23.9 Å². The first-order chi connectivity index (χ1) is 14.9. The summed E-state index contributed by atoms with van der Waals surface area (Å²) in [6.45, 7) is 1.03. The van der Waals surface area contributed by atoms with Gasteiger partial charge < -0.3 is 14.4 Å². The van der Waals surface area contributed by atoms with E-state index < -0.39 is 11.6 Å². The molecule has 2 heterocycles. The lowest BCUT2D eigenvalue weighted by Gasteiger charge is -2.43. The minimum atomic E-state index is -0.567. The minimum absolute atomic E-state index is 0.0267. The summed E-state index contributed by atoms with van der Waals surface area (Å²) in [6, 6.07) is 11.9. The summed E-state index contributed by atoms with van der Waals surface area (Å²) in [5, 5.41) is 0.513. The molecule has 0 bridgehead atoms. The number of amides is 1. The normalized spacial score (nSPS) is 17.4. The zero-order valence-electron chi connectivity index (χ0n) is 17.1. The second kappa shape index (κ2) is 8.55. The van der Waals surface area contributed by atoms with Crippen LogP contribution < -0.4 is 4.74 Å². The van der Waals surface area contributed by atoms with E-state index in [1.807, 2.05) is 0 Å². The van der Waals surface area contributed by atoms with Gasteiger partial charge >= 0.3 is 5.97 Å². The number of carbonyl (C=O) groups is 3. The summed E-state index contributed by atoms with van der Waals surface area (Å²) in [5.41, 5.74) is 1.23. The Morgan fingerprint density at radius 3 is 2.52 bits per heavy atom. The third kappa shape index (κ3) is 4.49. The molecular formula is C24H22ClNO5. The Morgan fingerprint density at radius 2 is 1.84 bits per heavy atom. The topological polar surface area (TPSA) is 72.9 Å². The highest BCUT2D eigenvalue weighted by Gasteiger charge is 2.43. The number of halogens is 1. The molecule has 1 spiro atoms. The van der Waals surface area contributed by atoms with Crippen LogP contribution in [-0.2, 0) is 9.53 Å². The van der Waals surface area contributed by atoms with Crippen molar-refractivity contribution in [2.45, 2.75) is 24.9 Å². The molecule has 0 unspecified atom stereocenters. The van der Waals surface area contributed by atoms with Crippen molar-refractivity contribution in [3.8, 4) is 5.75 Å². The molecule has 0 N–H and O–H groups in total. The molecule has 7 heteroatoms. The first-order valence-corrected chi connectivity index (χ1v) is 10.4. The number of piperidine rings is 1. The number of esters is 1. The van der Waals surface area contributed by atoms with Crippen molar-refractivity contribution in [3.05, 3.63) is 70.3 Å². The van der Waals surface area contributed by atoms with Crippen LogP contribution in [0.1, 0.15) is 45.5 Å². The largest absolute Gasteiger partial charge is 0.486 e. The molecule has 2 aromatic carbocycles. The molecule has 31 heavy (non-hydrogen) atoms. The number of nitrogens with zero attached hydrogens (tertiary/aromatic N) is 1. The van der Waals surface area contributed by atoms with Crippen LogP contribution in [0.15, 0.2) is 48.5 Å². The third-order valence-corrected chi connectivity index (χ3v) is 6.02. The molecule has 1 saturated heterocycles. The lowest BCUT2D eigenvalue weighted by Crippen LogP contribution is -2.52. The van der Waals surface area contributed by atoms with Gasteiger partial charge in [-0.05, 0) is 42.0 Å². The van der Waals surface area contributed by atoms with Gasteiger partial charge in [0.05, 0.1) is 24.7 Å². The molecule has 6 nitrogen and oxygen atoms in total. The maximum atomic E-state index is 12.6. The molecule has 2 aliphatic rings. The summed E-state index contributed by atoms with van der Waals surface area (Å²) in [4.78, 5) is 38.5. The highest BCUT2D eigenvalue weighted by Crippen LogP contribution is 2.40. The van der Waals surface area contributed by atoms with Crippen LogP contribution in [0.25, 0.3) is 6.08 Å². The van der Waals surface area contributed by atoms with E-state index in [1.54, 1.807) is 53.4 Å². The average molecular weight is 440 g/mol. The first-order valence-electron chi connectivity index (χ1n) is 10.1. The van der Waals surface area contributed by atoms with Crippen molar-refractivity contribution >= 4 is 35.3 Å². The van der Waals surface area contributed by atoms with Gasteiger partial charge in [-0.3, -0.25) is 9.59 Å². The van der Waals surface area contributed by atoms with Crippen LogP contribution in [-0.4, -0.2) is 48.4 Å². The second-order valence-corrected chi connectivity index (χ2v) is 8.23. The molecule has 160 valence electrons. The van der Waals surface area contributed by atoms with Gasteiger partial charge in [0.1, 0.15) is 11.4 Å². The molecule has 0 atom stereocenters. The molecule has 1 fully saturated rings. The number of likely N-dealkylation sites (tertiary alicyclic amines) is 1. The van der Waals surface area contributed by atoms with Crippen molar-refractivity contribution in [2.24, 2.45) is 0 Å². The van der Waals surface area contributed by atoms with E-state index in [-0.39, 0.29) is 11.7 Å². The Balaban J connectivity index is 1.37. The van der Waals surface area contributed by atoms with Gasteiger partial charge in [-0.1, -0.05) is 23.7 Å². The highest BCUT2D eigenvalue weighted by molar-refractivity contribution is 6.31. The Morgan fingerprint density at radius 1 is 1.13 bits per heavy atom. The monoisotopic (exact) mass is 439 g/mol. The maximum Gasteiger partial charge on any atom is 0.337 e. The van der Waals surface area contributed by atoms with Crippen molar-refractivity contribution in [3.63, 3.8) is 0 Å². The highest BCUT2D eigenvalue weighted by atomic mass is 35.5. The van der Waals surface area contributed by atoms with E-state index >= 15 is 0 Å². The summed E-state index contributed by atoms with van der Waals surface area (Å²) < 4.78 is 10.9. The number of ketones is 1. The van der Waals surface area contributed by atoms with E-state index in [0.717, 1.165) is 5.56 Å². The van der Waals surface area contributed by atoms with Crippen LogP contribution in [0.5, 0.6) is 5.75 Å². The zero-order valence-corrected chi connectivity index (χ0v) is 17.9. The van der Waals surface area contributed by atoms with E-state index in [2.05, 4.69) is 4.74 Å². The van der Waals surface area contributed by atoms with Crippen molar-refractivity contribution in [2.75, 3.05) is 20.2 Å². The Hall–Kier alpha value is -3.12. The summed E-state index contributed by atoms with van der Waals surface area (Å²) in [7, 11) is 1.33. The SMILES string of the molecule is COC(=O)c1ccc(/C=C/C(=O)N2CCC3(CC2)CC(=O)c2cc(Cl)ccc2O3)cc1. The molecule has 2 aliphatic heterocycles. The fourth-order valence-corrected chi connectivity index (χ4v) is 4.17. The third-order valence-electron chi connectivity index (χ3n) is 5.79. The van der Waals surface area contributed by atoms with E-state index in [4.69, 9.17) is 16.3 Å². The number of rotatable bonds is 3. The van der Waals surface area contributed by atoms with Gasteiger partial charge in [0, 0.05) is 37.0 Å². The van der Waals surface area contributed by atoms with E-state index in [1.165, 1.54) is 13.2 Å². The lowest BCUT2D eigenvalue weighted by atomic mass is 9.82. The van der Waals surface area contributed by atoms with Crippen LogP contribution in [0.3, 0.4) is 0 Å². The maximum absolute atomic E-state index is 12.6. The fourth-order valence-electron chi connectivity index (χ4n) is 4.00. The van der Waals surface area contributed by atoms with Gasteiger partial charge in [0.2, 0.25) is 5.91 Å². The van der Waals surface area contributed by atoms with Gasteiger partial charge in [0.15, 0.2) is 5.78 Å². The molecule has 4 rings (SSSR count). The summed E-state index contributed by atoms with van der Waals surface area (Å²) in [5.74, 6) is 0.0961. The summed E-state index contributed by atoms with van der Waals surface area (Å²) in [6.07, 6.45) is 4.72. The van der Waals surface area contributed by atoms with E-state index in [9.17, 15) is 14.4 Å². The minimum Gasteiger partial charge on any atom is -0.486 e. The summed E-state index contributed by atoms with van der Waals surface area (Å²) >= 11 is 6.00. The molecule has 0 saturated carbocycles. The second-order valence-electron chi connectivity index (χ2n) is 7.80. The first kappa shape index (κ1) is 21.1. The van der Waals surface area contributed by atoms with Crippen LogP contribution in [0.4, 0.5) is 0 Å². The smallest absolute Gasteiger partial charge is 0.337 e. The van der Waals surface area contributed by atoms with Crippen molar-refractivity contribution in [1.29, 1.82) is 0 Å². The number of hydrogen-bond acceptors (Lipinski definition) is 5. The van der Waals surface area contributed by atoms with Gasteiger partial charge in [0.25, 0.3) is 0 Å². The Kier molecular flexibility index (Phi) is 5.83. The van der Waals surface area contributed by atoms with E-state index in [0.29, 0.717) is 54.3 Å². The number of hydrogen-bond donors (Lipinski definition) is 0. The quantitative estimate of drug-likeness (QED) is 0.530. The number of Topliss-reactive ketones (excluding diaryl/α,β-unsaturated/α-hetero) is 1. The predicted octanol–water partition coefficient (Wildman–Crippen LogP) is 4.17. The van der Waals surface area contributed by atoms with Gasteiger partial charge in [-0.2, -0.15) is 0 Å². The average Bonchev–Trinajstić information content (AvgIpc) is 2.78. The molecule has 1 amide bonds. The number of ether oxygens (including phenoxy) is 2. The molecule has 0 aromatic heterocycles. The number of benzene rings is 2. The fraction of sp³-hybridized carbons (Fsp3) is 0.292. The lowest BCUT2D eigenvalue weighted by molar-refractivity contribution is -0.129. The van der Waals surface area contributed by atoms with Gasteiger partial charge in [-0.25, -0.2) is 4.79 Å². The Labute approximate surface area is 185 Å². The molecule has 2 aromatic rings. The predicted molar refractivity (Wildman–Crippen MR) is 116 cm³/mol. The van der Waals surface area contributed by atoms with Crippen LogP contribution >= 0.6 is 11.6 Å². The molecule has 0 radical (unpaired) electrons. The van der Waals surface area contributed by atoms with Crippen LogP contribution in [0, 0.1) is 0 Å². The zero-order chi connectivity index (χ0) is 22.0. The molecular weight excluding hydrogens is 418 g/mol. The van der Waals surface area contributed by atoms with Crippen molar-refractivity contribution in [1.82, 2.24) is 4.90 Å². The Bertz CT molecular complexity index is 1050. The standard InChI is InChI=1S/C24H22ClNO5/c1-30-23(29)17-5-2-16(3-6-17)4-9-22(28)26-12-10-24(11-13-26)15-20(27)19-14-18(25)7-8-21(19)31-24/h2-9,14H,10-13,15H2,1H3/b9-4+. The molecule has 0 aliphatic carbocycles. The number of carbonyl (C=O) groups excluding carboxylic acids is 3. The van der Waals surface area contributed by atoms with Gasteiger partial charge in [-0.15, -0.1) is 0 Å². The number of methoxy groups -OCH3 is 1. The number of fused-ring (bicyclic) bond motifs is 1. The van der Waals surface area contributed by atoms with Crippen LogP contribution in [0.2, 0.25) is 5.02 Å².